The standard InChI is InChI=1S/C11H15NO7S/c1-7(13)18-10(14)9(8-5-3-2-4-6-8)11(15)19-20(12,16)17/h2-6,9-11,14-15H,1H3,(H2,12,16,17)/t9-,10-,11?/m0/s1. The molecule has 0 aliphatic carbocycles. The van der Waals surface area contributed by atoms with E-state index >= 15 is 0 Å². The van der Waals surface area contributed by atoms with E-state index in [2.05, 4.69) is 14.1 Å². The van der Waals surface area contributed by atoms with Crippen LogP contribution >= 0.6 is 0 Å². The van der Waals surface area contributed by atoms with Gasteiger partial charge in [0.1, 0.15) is 0 Å². The second-order valence-corrected chi connectivity index (χ2v) is 5.09. The summed E-state index contributed by atoms with van der Waals surface area (Å²) in [7, 11) is -4.44. The minimum absolute atomic E-state index is 0.303. The van der Waals surface area contributed by atoms with Gasteiger partial charge in [-0.3, -0.25) is 4.79 Å². The number of esters is 1. The number of carbonyl (C=O) groups is 1. The third-order valence-corrected chi connectivity index (χ3v) is 2.78. The predicted octanol–water partition coefficient (Wildman–Crippen LogP) is -0.810. The highest BCUT2D eigenvalue weighted by Gasteiger charge is 2.34. The van der Waals surface area contributed by atoms with E-state index in [1.165, 1.54) is 12.1 Å². The molecule has 0 saturated carbocycles. The fraction of sp³-hybridized carbons (Fsp3) is 0.364. The van der Waals surface area contributed by atoms with Crippen LogP contribution in [0.3, 0.4) is 0 Å². The molecule has 0 fully saturated rings. The molecule has 0 heterocycles. The lowest BCUT2D eigenvalue weighted by Crippen LogP contribution is -2.37. The predicted molar refractivity (Wildman–Crippen MR) is 67.2 cm³/mol. The Labute approximate surface area is 116 Å². The van der Waals surface area contributed by atoms with Crippen LogP contribution in [0.2, 0.25) is 0 Å². The molecule has 0 aliphatic heterocycles. The van der Waals surface area contributed by atoms with E-state index < -0.39 is 34.8 Å². The van der Waals surface area contributed by atoms with E-state index in [-0.39, 0.29) is 0 Å². The summed E-state index contributed by atoms with van der Waals surface area (Å²) in [5, 5.41) is 24.2. The monoisotopic (exact) mass is 305 g/mol. The summed E-state index contributed by atoms with van der Waals surface area (Å²) in [6, 6.07) is 7.84. The summed E-state index contributed by atoms with van der Waals surface area (Å²) in [6.07, 6.45) is -3.81. The summed E-state index contributed by atoms with van der Waals surface area (Å²) in [5.41, 5.74) is 0.303. The third-order valence-electron chi connectivity index (χ3n) is 2.32. The van der Waals surface area contributed by atoms with Gasteiger partial charge in [0.15, 0.2) is 6.29 Å². The molecule has 1 rings (SSSR count). The van der Waals surface area contributed by atoms with E-state index in [4.69, 9.17) is 0 Å². The lowest BCUT2D eigenvalue weighted by molar-refractivity contribution is -0.183. The van der Waals surface area contributed by atoms with E-state index in [0.29, 0.717) is 5.56 Å². The number of hydrogen-bond acceptors (Lipinski definition) is 7. The fourth-order valence-electron chi connectivity index (χ4n) is 1.59. The quantitative estimate of drug-likeness (QED) is 0.462. The van der Waals surface area contributed by atoms with Gasteiger partial charge in [-0.1, -0.05) is 30.3 Å². The van der Waals surface area contributed by atoms with E-state index in [9.17, 15) is 23.4 Å². The van der Waals surface area contributed by atoms with Crippen LogP contribution in [0.4, 0.5) is 0 Å². The molecule has 9 heteroatoms. The molecule has 0 bridgehead atoms. The fourth-order valence-corrected chi connectivity index (χ4v) is 1.98. The first-order valence-electron chi connectivity index (χ1n) is 5.50. The molecule has 0 aliphatic rings. The van der Waals surface area contributed by atoms with Gasteiger partial charge >= 0.3 is 16.3 Å². The average molecular weight is 305 g/mol. The zero-order valence-electron chi connectivity index (χ0n) is 10.5. The van der Waals surface area contributed by atoms with Crippen molar-refractivity contribution in [1.82, 2.24) is 0 Å². The van der Waals surface area contributed by atoms with Gasteiger partial charge in [0.2, 0.25) is 6.29 Å². The van der Waals surface area contributed by atoms with E-state index in [1.807, 2.05) is 0 Å². The zero-order chi connectivity index (χ0) is 15.3. The van der Waals surface area contributed by atoms with Crippen LogP contribution in [-0.4, -0.2) is 37.2 Å². The number of rotatable bonds is 6. The Bertz CT molecular complexity index is 545. The van der Waals surface area contributed by atoms with Crippen LogP contribution in [0.5, 0.6) is 0 Å². The molecule has 0 spiro atoms. The average Bonchev–Trinajstić information content (AvgIpc) is 2.26. The number of benzene rings is 1. The van der Waals surface area contributed by atoms with Crippen molar-refractivity contribution < 1.29 is 32.3 Å². The number of ether oxygens (including phenoxy) is 1. The Balaban J connectivity index is 3.04. The van der Waals surface area contributed by atoms with Gasteiger partial charge < -0.3 is 14.9 Å². The molecule has 3 atom stereocenters. The van der Waals surface area contributed by atoms with Crippen molar-refractivity contribution in [2.75, 3.05) is 0 Å². The molecule has 8 nitrogen and oxygen atoms in total. The highest BCUT2D eigenvalue weighted by Crippen LogP contribution is 2.26. The van der Waals surface area contributed by atoms with Crippen LogP contribution in [0.15, 0.2) is 30.3 Å². The number of hydrogen-bond donors (Lipinski definition) is 3. The normalized spacial score (nSPS) is 16.2. The Morgan fingerprint density at radius 2 is 1.75 bits per heavy atom. The molecule has 20 heavy (non-hydrogen) atoms. The maximum atomic E-state index is 10.9. The first kappa shape index (κ1) is 16.5. The molecule has 112 valence electrons. The van der Waals surface area contributed by atoms with Crippen molar-refractivity contribution in [2.45, 2.75) is 25.4 Å². The van der Waals surface area contributed by atoms with Crippen molar-refractivity contribution in [1.29, 1.82) is 0 Å². The highest BCUT2D eigenvalue weighted by molar-refractivity contribution is 7.84. The molecule has 4 N–H and O–H groups in total. The number of aliphatic hydroxyl groups excluding tert-OH is 2. The maximum absolute atomic E-state index is 10.9. The summed E-state index contributed by atoms with van der Waals surface area (Å²) >= 11 is 0. The van der Waals surface area contributed by atoms with Crippen molar-refractivity contribution >= 4 is 16.3 Å². The molecule has 1 aromatic carbocycles. The maximum Gasteiger partial charge on any atom is 0.335 e. The summed E-state index contributed by atoms with van der Waals surface area (Å²) in [4.78, 5) is 10.9. The first-order valence-corrected chi connectivity index (χ1v) is 6.97. The summed E-state index contributed by atoms with van der Waals surface area (Å²) < 4.78 is 30.4. The second-order valence-electron chi connectivity index (χ2n) is 3.92. The highest BCUT2D eigenvalue weighted by atomic mass is 32.2. The zero-order valence-corrected chi connectivity index (χ0v) is 11.4. The smallest absolute Gasteiger partial charge is 0.335 e. The van der Waals surface area contributed by atoms with E-state index in [1.54, 1.807) is 18.2 Å². The number of aliphatic hydroxyl groups is 2. The Morgan fingerprint density at radius 3 is 2.20 bits per heavy atom. The van der Waals surface area contributed by atoms with Crippen LogP contribution in [0.1, 0.15) is 18.4 Å². The lowest BCUT2D eigenvalue weighted by atomic mass is 9.98. The van der Waals surface area contributed by atoms with Crippen LogP contribution < -0.4 is 5.14 Å². The SMILES string of the molecule is CC(=O)O[C@H](O)[C@H](c1ccccc1)C(O)OS(N)(=O)=O. The molecular formula is C11H15NO7S. The van der Waals surface area contributed by atoms with Gasteiger partial charge in [-0.05, 0) is 5.56 Å². The molecule has 0 aromatic heterocycles. The van der Waals surface area contributed by atoms with E-state index in [0.717, 1.165) is 6.92 Å². The summed E-state index contributed by atoms with van der Waals surface area (Å²) in [5.74, 6) is -2.14. The minimum atomic E-state index is -4.44. The van der Waals surface area contributed by atoms with Crippen LogP contribution in [0, 0.1) is 0 Å². The van der Waals surface area contributed by atoms with Gasteiger partial charge in [-0.25, -0.2) is 9.32 Å². The van der Waals surface area contributed by atoms with Crippen LogP contribution in [0.25, 0.3) is 0 Å². The molecule has 0 amide bonds. The Morgan fingerprint density at radius 1 is 1.20 bits per heavy atom. The molecule has 1 unspecified atom stereocenters. The second kappa shape index (κ2) is 6.77. The van der Waals surface area contributed by atoms with Gasteiger partial charge in [0.05, 0.1) is 5.92 Å². The summed E-state index contributed by atoms with van der Waals surface area (Å²) in [6.45, 7) is 1.05. The Kier molecular flexibility index (Phi) is 5.60. The lowest BCUT2D eigenvalue weighted by Gasteiger charge is -2.26. The van der Waals surface area contributed by atoms with Crippen molar-refractivity contribution in [2.24, 2.45) is 5.14 Å². The molecule has 1 aromatic rings. The molecular weight excluding hydrogens is 290 g/mol. The van der Waals surface area contributed by atoms with Gasteiger partial charge in [-0.15, -0.1) is 0 Å². The Hall–Kier alpha value is -1.52. The largest absolute Gasteiger partial charge is 0.435 e. The van der Waals surface area contributed by atoms with Crippen LogP contribution in [-0.2, 0) is 24.0 Å². The van der Waals surface area contributed by atoms with Gasteiger partial charge in [0, 0.05) is 6.92 Å². The minimum Gasteiger partial charge on any atom is -0.435 e. The molecule has 0 radical (unpaired) electrons. The number of nitrogens with two attached hydrogens (primary N) is 1. The number of carbonyl (C=O) groups excluding carboxylic acids is 1. The third kappa shape index (κ3) is 5.23. The first-order chi connectivity index (χ1) is 9.20. The van der Waals surface area contributed by atoms with Gasteiger partial charge in [0.25, 0.3) is 0 Å². The van der Waals surface area contributed by atoms with Gasteiger partial charge in [-0.2, -0.15) is 8.42 Å². The van der Waals surface area contributed by atoms with Crippen molar-refractivity contribution in [3.05, 3.63) is 35.9 Å². The van der Waals surface area contributed by atoms with Crippen molar-refractivity contribution in [3.63, 3.8) is 0 Å². The van der Waals surface area contributed by atoms with Crippen molar-refractivity contribution in [3.8, 4) is 0 Å². The molecule has 0 saturated heterocycles. The topological polar surface area (TPSA) is 136 Å².